The number of unbranched alkanes of at least 4 members (excludes halogenated alkanes) is 2. The summed E-state index contributed by atoms with van der Waals surface area (Å²) in [5.41, 5.74) is 6.04. The second-order valence-electron chi connectivity index (χ2n) is 4.52. The Hall–Kier alpha value is -1.44. The van der Waals surface area contributed by atoms with Crippen LogP contribution in [0.25, 0.3) is 0 Å². The molecule has 7 heteroatoms. The number of rotatable bonds is 8. The lowest BCUT2D eigenvalue weighted by Crippen LogP contribution is -2.25. The van der Waals surface area contributed by atoms with E-state index in [1.54, 1.807) is 13.0 Å². The molecule has 0 aromatic heterocycles. The number of aliphatic hydroxyl groups is 1. The normalized spacial score (nSPS) is 11.5. The van der Waals surface area contributed by atoms with Gasteiger partial charge in [0.2, 0.25) is 15.9 Å². The van der Waals surface area contributed by atoms with Gasteiger partial charge in [-0.15, -0.1) is 0 Å². The first kappa shape index (κ1) is 16.6. The molecule has 0 saturated carbocycles. The minimum Gasteiger partial charge on any atom is -0.396 e. The molecule has 1 amide bonds. The average molecular weight is 300 g/mol. The summed E-state index contributed by atoms with van der Waals surface area (Å²) >= 11 is 0. The highest BCUT2D eigenvalue weighted by atomic mass is 32.2. The Morgan fingerprint density at radius 3 is 2.60 bits per heavy atom. The third kappa shape index (κ3) is 4.59. The molecule has 0 heterocycles. The fourth-order valence-corrected chi connectivity index (χ4v) is 2.84. The van der Waals surface area contributed by atoms with Gasteiger partial charge in [0.25, 0.3) is 0 Å². The van der Waals surface area contributed by atoms with Crippen molar-refractivity contribution in [2.75, 3.05) is 13.2 Å². The van der Waals surface area contributed by atoms with Gasteiger partial charge in [-0.3, -0.25) is 4.79 Å². The number of amides is 1. The number of hydrogen-bond donors (Lipinski definition) is 3. The van der Waals surface area contributed by atoms with Crippen LogP contribution in [-0.2, 0) is 10.0 Å². The zero-order chi connectivity index (χ0) is 15.2. The van der Waals surface area contributed by atoms with Gasteiger partial charge in [-0.05, 0) is 43.9 Å². The average Bonchev–Trinajstić information content (AvgIpc) is 2.38. The summed E-state index contributed by atoms with van der Waals surface area (Å²) in [7, 11) is -3.64. The van der Waals surface area contributed by atoms with Crippen LogP contribution < -0.4 is 10.5 Å². The van der Waals surface area contributed by atoms with Crippen molar-refractivity contribution in [3.8, 4) is 0 Å². The Morgan fingerprint density at radius 2 is 2.00 bits per heavy atom. The molecule has 1 aromatic carbocycles. The smallest absolute Gasteiger partial charge is 0.249 e. The van der Waals surface area contributed by atoms with E-state index in [2.05, 4.69) is 4.72 Å². The molecule has 1 aromatic rings. The van der Waals surface area contributed by atoms with Crippen LogP contribution in [0.5, 0.6) is 0 Å². The number of benzene rings is 1. The largest absolute Gasteiger partial charge is 0.396 e. The maximum atomic E-state index is 12.0. The first-order chi connectivity index (χ1) is 9.38. The van der Waals surface area contributed by atoms with Gasteiger partial charge < -0.3 is 10.8 Å². The van der Waals surface area contributed by atoms with E-state index in [9.17, 15) is 13.2 Å². The summed E-state index contributed by atoms with van der Waals surface area (Å²) in [5, 5.41) is 8.63. The summed E-state index contributed by atoms with van der Waals surface area (Å²) < 4.78 is 26.5. The summed E-state index contributed by atoms with van der Waals surface area (Å²) in [6, 6.07) is 4.28. The Labute approximate surface area is 119 Å². The quantitative estimate of drug-likeness (QED) is 0.608. The van der Waals surface area contributed by atoms with Gasteiger partial charge in [0, 0.05) is 18.7 Å². The van der Waals surface area contributed by atoms with Crippen LogP contribution in [0.2, 0.25) is 0 Å². The van der Waals surface area contributed by atoms with Crippen LogP contribution in [0.15, 0.2) is 23.1 Å². The molecule has 0 aliphatic carbocycles. The number of nitrogens with one attached hydrogen (secondary N) is 1. The SMILES string of the molecule is Cc1ccc(S(=O)(=O)NCCCCCO)cc1C(N)=O. The predicted molar refractivity (Wildman–Crippen MR) is 75.8 cm³/mol. The van der Waals surface area contributed by atoms with Crippen LogP contribution in [0, 0.1) is 6.92 Å². The maximum Gasteiger partial charge on any atom is 0.249 e. The zero-order valence-electron chi connectivity index (χ0n) is 11.4. The first-order valence-corrected chi connectivity index (χ1v) is 7.88. The molecule has 0 aliphatic heterocycles. The van der Waals surface area contributed by atoms with E-state index < -0.39 is 15.9 Å². The predicted octanol–water partition coefficient (Wildman–Crippen LogP) is 0.535. The van der Waals surface area contributed by atoms with Gasteiger partial charge in [0.05, 0.1) is 4.90 Å². The second-order valence-corrected chi connectivity index (χ2v) is 6.29. The van der Waals surface area contributed by atoms with Crippen LogP contribution in [0.3, 0.4) is 0 Å². The van der Waals surface area contributed by atoms with Crippen LogP contribution in [0.4, 0.5) is 0 Å². The van der Waals surface area contributed by atoms with Gasteiger partial charge in [-0.1, -0.05) is 6.07 Å². The van der Waals surface area contributed by atoms with Gasteiger partial charge in [-0.25, -0.2) is 13.1 Å². The van der Waals surface area contributed by atoms with Crippen molar-refractivity contribution < 1.29 is 18.3 Å². The molecule has 6 nitrogen and oxygen atoms in total. The number of primary amides is 1. The highest BCUT2D eigenvalue weighted by molar-refractivity contribution is 7.89. The van der Waals surface area contributed by atoms with Crippen LogP contribution in [0.1, 0.15) is 35.2 Å². The number of sulfonamides is 1. The molecule has 4 N–H and O–H groups in total. The standard InChI is InChI=1S/C13H20N2O4S/c1-10-5-6-11(9-12(10)13(14)17)20(18,19)15-7-3-2-4-8-16/h5-6,9,15-16H,2-4,7-8H2,1H3,(H2,14,17). The first-order valence-electron chi connectivity index (χ1n) is 6.39. The minimum atomic E-state index is -3.64. The summed E-state index contributed by atoms with van der Waals surface area (Å²) in [6.07, 6.45) is 2.05. The summed E-state index contributed by atoms with van der Waals surface area (Å²) in [6.45, 7) is 2.09. The monoisotopic (exact) mass is 300 g/mol. The number of carbonyl (C=O) groups is 1. The lowest BCUT2D eigenvalue weighted by atomic mass is 10.1. The van der Waals surface area contributed by atoms with Crippen molar-refractivity contribution in [1.82, 2.24) is 4.72 Å². The topological polar surface area (TPSA) is 109 Å². The highest BCUT2D eigenvalue weighted by Crippen LogP contribution is 2.15. The Bertz CT molecular complexity index is 570. The number of hydrogen-bond acceptors (Lipinski definition) is 4. The van der Waals surface area contributed by atoms with E-state index in [0.29, 0.717) is 24.9 Å². The molecule has 0 radical (unpaired) electrons. The lowest BCUT2D eigenvalue weighted by molar-refractivity contribution is 0.0999. The molecule has 0 unspecified atom stereocenters. The van der Waals surface area contributed by atoms with E-state index in [1.807, 2.05) is 0 Å². The van der Waals surface area contributed by atoms with Gasteiger partial charge in [0.15, 0.2) is 0 Å². The fourth-order valence-electron chi connectivity index (χ4n) is 1.74. The van der Waals surface area contributed by atoms with Crippen molar-refractivity contribution in [1.29, 1.82) is 0 Å². The maximum absolute atomic E-state index is 12.0. The lowest BCUT2D eigenvalue weighted by Gasteiger charge is -2.09. The number of aryl methyl sites for hydroxylation is 1. The van der Waals surface area contributed by atoms with E-state index in [0.717, 1.165) is 6.42 Å². The number of aliphatic hydroxyl groups excluding tert-OH is 1. The second kappa shape index (κ2) is 7.37. The van der Waals surface area contributed by atoms with E-state index in [4.69, 9.17) is 10.8 Å². The third-order valence-electron chi connectivity index (χ3n) is 2.91. The molecule has 0 aliphatic rings. The molecule has 0 spiro atoms. The van der Waals surface area contributed by atoms with Crippen molar-refractivity contribution in [3.63, 3.8) is 0 Å². The molecular formula is C13H20N2O4S. The summed E-state index contributed by atoms with van der Waals surface area (Å²) in [4.78, 5) is 11.2. The third-order valence-corrected chi connectivity index (χ3v) is 4.37. The van der Waals surface area contributed by atoms with Gasteiger partial charge >= 0.3 is 0 Å². The zero-order valence-corrected chi connectivity index (χ0v) is 12.2. The van der Waals surface area contributed by atoms with Crippen molar-refractivity contribution in [2.24, 2.45) is 5.73 Å². The van der Waals surface area contributed by atoms with Crippen molar-refractivity contribution in [3.05, 3.63) is 29.3 Å². The molecule has 0 fully saturated rings. The Balaban J connectivity index is 2.77. The van der Waals surface area contributed by atoms with E-state index in [1.165, 1.54) is 12.1 Å². The Morgan fingerprint density at radius 1 is 1.30 bits per heavy atom. The fraction of sp³-hybridized carbons (Fsp3) is 0.462. The molecule has 0 bridgehead atoms. The van der Waals surface area contributed by atoms with E-state index in [-0.39, 0.29) is 17.1 Å². The van der Waals surface area contributed by atoms with Crippen molar-refractivity contribution in [2.45, 2.75) is 31.1 Å². The highest BCUT2D eigenvalue weighted by Gasteiger charge is 2.16. The molecule has 0 saturated heterocycles. The van der Waals surface area contributed by atoms with Crippen molar-refractivity contribution >= 4 is 15.9 Å². The number of carbonyl (C=O) groups excluding carboxylic acids is 1. The minimum absolute atomic E-state index is 0.0269. The molecular weight excluding hydrogens is 280 g/mol. The van der Waals surface area contributed by atoms with Gasteiger partial charge in [0.1, 0.15) is 0 Å². The molecule has 1 rings (SSSR count). The molecule has 20 heavy (non-hydrogen) atoms. The molecule has 112 valence electrons. The number of nitrogens with two attached hydrogens (primary N) is 1. The van der Waals surface area contributed by atoms with E-state index >= 15 is 0 Å². The van der Waals surface area contributed by atoms with Crippen LogP contribution in [-0.4, -0.2) is 32.6 Å². The van der Waals surface area contributed by atoms with Crippen LogP contribution >= 0.6 is 0 Å². The van der Waals surface area contributed by atoms with Gasteiger partial charge in [-0.2, -0.15) is 0 Å². The summed E-state index contributed by atoms with van der Waals surface area (Å²) in [5.74, 6) is -0.650. The molecule has 0 atom stereocenters. The Kier molecular flexibility index (Phi) is 6.12.